The minimum atomic E-state index is -0.300. The van der Waals surface area contributed by atoms with Gasteiger partial charge in [0, 0.05) is 26.3 Å². The first kappa shape index (κ1) is 13.4. The first-order chi connectivity index (χ1) is 7.74. The molecule has 0 atom stereocenters. The van der Waals surface area contributed by atoms with Crippen molar-refractivity contribution in [3.05, 3.63) is 28.5 Å². The van der Waals surface area contributed by atoms with E-state index in [2.05, 4.69) is 21.2 Å². The number of benzene rings is 1. The van der Waals surface area contributed by atoms with Crippen molar-refractivity contribution in [3.63, 3.8) is 0 Å². The standard InChI is InChI=1S/C11H15BrFNO2/c1-15-6-4-14-5-7-16-11-8-9(13)2-3-10(11)12/h2-3,8,14H,4-7H2,1H3. The summed E-state index contributed by atoms with van der Waals surface area (Å²) < 4.78 is 23.9. The third-order valence-electron chi connectivity index (χ3n) is 1.91. The van der Waals surface area contributed by atoms with Gasteiger partial charge in [-0.15, -0.1) is 0 Å². The maximum Gasteiger partial charge on any atom is 0.136 e. The summed E-state index contributed by atoms with van der Waals surface area (Å²) in [7, 11) is 1.65. The Morgan fingerprint density at radius 2 is 2.06 bits per heavy atom. The van der Waals surface area contributed by atoms with E-state index in [9.17, 15) is 4.39 Å². The molecule has 1 N–H and O–H groups in total. The Kier molecular flexibility index (Phi) is 6.37. The molecule has 0 radical (unpaired) electrons. The van der Waals surface area contributed by atoms with Crippen molar-refractivity contribution in [2.45, 2.75) is 0 Å². The molecule has 0 amide bonds. The maximum absolute atomic E-state index is 12.9. The Bertz CT molecular complexity index is 323. The van der Waals surface area contributed by atoms with Gasteiger partial charge in [0.25, 0.3) is 0 Å². The van der Waals surface area contributed by atoms with E-state index in [0.717, 1.165) is 11.0 Å². The monoisotopic (exact) mass is 291 g/mol. The third kappa shape index (κ3) is 4.92. The lowest BCUT2D eigenvalue weighted by molar-refractivity contribution is 0.196. The molecule has 5 heteroatoms. The van der Waals surface area contributed by atoms with Crippen LogP contribution in [0, 0.1) is 5.82 Å². The molecule has 1 rings (SSSR count). The van der Waals surface area contributed by atoms with Crippen LogP contribution in [0.1, 0.15) is 0 Å². The second-order valence-corrected chi connectivity index (χ2v) is 4.02. The Balaban J connectivity index is 2.23. The summed E-state index contributed by atoms with van der Waals surface area (Å²) in [5, 5.41) is 3.13. The fourth-order valence-corrected chi connectivity index (χ4v) is 1.48. The predicted molar refractivity (Wildman–Crippen MR) is 64.3 cm³/mol. The minimum absolute atomic E-state index is 0.300. The van der Waals surface area contributed by atoms with E-state index in [-0.39, 0.29) is 5.82 Å². The van der Waals surface area contributed by atoms with Gasteiger partial charge in [0.15, 0.2) is 0 Å². The van der Waals surface area contributed by atoms with Gasteiger partial charge in [-0.1, -0.05) is 0 Å². The molecule has 0 bridgehead atoms. The fourth-order valence-electron chi connectivity index (χ4n) is 1.12. The van der Waals surface area contributed by atoms with Crippen molar-refractivity contribution >= 4 is 15.9 Å². The summed E-state index contributed by atoms with van der Waals surface area (Å²) in [4.78, 5) is 0. The number of ether oxygens (including phenoxy) is 2. The van der Waals surface area contributed by atoms with Crippen LogP contribution in [0.2, 0.25) is 0 Å². The molecule has 3 nitrogen and oxygen atoms in total. The van der Waals surface area contributed by atoms with E-state index in [1.165, 1.54) is 12.1 Å². The zero-order valence-electron chi connectivity index (χ0n) is 9.13. The van der Waals surface area contributed by atoms with Crippen LogP contribution in [0.4, 0.5) is 4.39 Å². The maximum atomic E-state index is 12.9. The normalized spacial score (nSPS) is 10.4. The summed E-state index contributed by atoms with van der Waals surface area (Å²) >= 11 is 3.29. The molecule has 0 heterocycles. The van der Waals surface area contributed by atoms with E-state index >= 15 is 0 Å². The van der Waals surface area contributed by atoms with Crippen LogP contribution in [-0.2, 0) is 4.74 Å². The molecule has 0 saturated carbocycles. The number of nitrogens with one attached hydrogen (secondary N) is 1. The van der Waals surface area contributed by atoms with Gasteiger partial charge < -0.3 is 14.8 Å². The Morgan fingerprint density at radius 3 is 2.81 bits per heavy atom. The number of halogens is 2. The summed E-state index contributed by atoms with van der Waals surface area (Å²) in [5.74, 6) is 0.221. The third-order valence-corrected chi connectivity index (χ3v) is 2.57. The van der Waals surface area contributed by atoms with E-state index in [4.69, 9.17) is 9.47 Å². The van der Waals surface area contributed by atoms with Crippen LogP contribution in [0.5, 0.6) is 5.75 Å². The molecule has 0 spiro atoms. The largest absolute Gasteiger partial charge is 0.491 e. The van der Waals surface area contributed by atoms with Crippen molar-refractivity contribution in [1.82, 2.24) is 5.32 Å². The van der Waals surface area contributed by atoms with Crippen LogP contribution >= 0.6 is 15.9 Å². The van der Waals surface area contributed by atoms with Crippen molar-refractivity contribution in [3.8, 4) is 5.75 Å². The highest BCUT2D eigenvalue weighted by molar-refractivity contribution is 9.10. The molecule has 0 saturated heterocycles. The molecular formula is C11H15BrFNO2. The molecule has 0 fully saturated rings. The number of hydrogen-bond donors (Lipinski definition) is 1. The Labute approximate surface area is 103 Å². The zero-order chi connectivity index (χ0) is 11.8. The van der Waals surface area contributed by atoms with E-state index < -0.39 is 0 Å². The topological polar surface area (TPSA) is 30.5 Å². The predicted octanol–water partition coefficient (Wildman–Crippen LogP) is 2.20. The van der Waals surface area contributed by atoms with Gasteiger partial charge in [0.05, 0.1) is 11.1 Å². The molecule has 1 aromatic carbocycles. The average molecular weight is 292 g/mol. The van der Waals surface area contributed by atoms with Crippen LogP contribution in [0.25, 0.3) is 0 Å². The lowest BCUT2D eigenvalue weighted by Gasteiger charge is -2.08. The van der Waals surface area contributed by atoms with Crippen molar-refractivity contribution in [2.75, 3.05) is 33.4 Å². The molecule has 16 heavy (non-hydrogen) atoms. The van der Waals surface area contributed by atoms with Crippen LogP contribution in [0.3, 0.4) is 0 Å². The molecule has 0 unspecified atom stereocenters. The molecule has 0 aliphatic carbocycles. The van der Waals surface area contributed by atoms with E-state index in [1.54, 1.807) is 13.2 Å². The Morgan fingerprint density at radius 1 is 1.31 bits per heavy atom. The molecule has 90 valence electrons. The van der Waals surface area contributed by atoms with Gasteiger partial charge in [0.1, 0.15) is 18.2 Å². The average Bonchev–Trinajstić information content (AvgIpc) is 2.28. The van der Waals surface area contributed by atoms with Crippen LogP contribution in [0.15, 0.2) is 22.7 Å². The van der Waals surface area contributed by atoms with Crippen molar-refractivity contribution < 1.29 is 13.9 Å². The minimum Gasteiger partial charge on any atom is -0.491 e. The smallest absolute Gasteiger partial charge is 0.136 e. The second kappa shape index (κ2) is 7.60. The lowest BCUT2D eigenvalue weighted by Crippen LogP contribution is -2.24. The highest BCUT2D eigenvalue weighted by atomic mass is 79.9. The zero-order valence-corrected chi connectivity index (χ0v) is 10.7. The quantitative estimate of drug-likeness (QED) is 0.782. The van der Waals surface area contributed by atoms with Gasteiger partial charge in [0.2, 0.25) is 0 Å². The second-order valence-electron chi connectivity index (χ2n) is 3.17. The highest BCUT2D eigenvalue weighted by Gasteiger charge is 2.02. The number of rotatable bonds is 7. The van der Waals surface area contributed by atoms with Gasteiger partial charge in [-0.2, -0.15) is 0 Å². The molecular weight excluding hydrogens is 277 g/mol. The fraction of sp³-hybridized carbons (Fsp3) is 0.455. The molecule has 0 aliphatic rings. The van der Waals surface area contributed by atoms with E-state index in [0.29, 0.717) is 25.5 Å². The van der Waals surface area contributed by atoms with E-state index in [1.807, 2.05) is 0 Å². The summed E-state index contributed by atoms with van der Waals surface area (Å²) in [6.07, 6.45) is 0. The molecule has 1 aromatic rings. The highest BCUT2D eigenvalue weighted by Crippen LogP contribution is 2.25. The van der Waals surface area contributed by atoms with Gasteiger partial charge in [-0.25, -0.2) is 4.39 Å². The lowest BCUT2D eigenvalue weighted by atomic mass is 10.3. The van der Waals surface area contributed by atoms with Crippen molar-refractivity contribution in [1.29, 1.82) is 0 Å². The Hall–Kier alpha value is -0.650. The summed E-state index contributed by atoms with van der Waals surface area (Å²) in [6.45, 7) is 2.64. The SMILES string of the molecule is COCCNCCOc1cc(F)ccc1Br. The first-order valence-electron chi connectivity index (χ1n) is 5.01. The molecule has 0 aromatic heterocycles. The van der Waals surface area contributed by atoms with Crippen LogP contribution < -0.4 is 10.1 Å². The van der Waals surface area contributed by atoms with Crippen molar-refractivity contribution in [2.24, 2.45) is 0 Å². The molecule has 0 aliphatic heterocycles. The van der Waals surface area contributed by atoms with Crippen LogP contribution in [-0.4, -0.2) is 33.4 Å². The van der Waals surface area contributed by atoms with Gasteiger partial charge in [-0.3, -0.25) is 0 Å². The van der Waals surface area contributed by atoms with Gasteiger partial charge >= 0.3 is 0 Å². The number of methoxy groups -OCH3 is 1. The number of hydrogen-bond acceptors (Lipinski definition) is 3. The van der Waals surface area contributed by atoms with Gasteiger partial charge in [-0.05, 0) is 28.1 Å². The summed E-state index contributed by atoms with van der Waals surface area (Å²) in [5.41, 5.74) is 0. The summed E-state index contributed by atoms with van der Waals surface area (Å²) in [6, 6.07) is 4.37. The first-order valence-corrected chi connectivity index (χ1v) is 5.81.